The zero-order valence-corrected chi connectivity index (χ0v) is 20.7. The van der Waals surface area contributed by atoms with E-state index in [0.717, 1.165) is 54.0 Å². The molecule has 35 heavy (non-hydrogen) atoms. The van der Waals surface area contributed by atoms with E-state index in [1.807, 2.05) is 0 Å². The maximum atomic E-state index is 13.6. The molecule has 12 heteroatoms. The Balaban J connectivity index is 1.46. The highest BCUT2D eigenvalue weighted by molar-refractivity contribution is 7.86. The summed E-state index contributed by atoms with van der Waals surface area (Å²) in [6.07, 6.45) is 8.58. The summed E-state index contributed by atoms with van der Waals surface area (Å²) >= 11 is 0. The van der Waals surface area contributed by atoms with Crippen LogP contribution in [0.2, 0.25) is 0 Å². The van der Waals surface area contributed by atoms with Gasteiger partial charge in [-0.15, -0.1) is 0 Å². The van der Waals surface area contributed by atoms with E-state index < -0.39 is 26.8 Å². The maximum absolute atomic E-state index is 13.6. The third kappa shape index (κ3) is 4.19. The lowest BCUT2D eigenvalue weighted by atomic mass is 9.99. The van der Waals surface area contributed by atoms with Crippen LogP contribution in [0.5, 0.6) is 0 Å². The van der Waals surface area contributed by atoms with Gasteiger partial charge in [0.05, 0.1) is 23.6 Å². The minimum atomic E-state index is -4.74. The highest BCUT2D eigenvalue weighted by Crippen LogP contribution is 2.38. The number of rotatable bonds is 5. The van der Waals surface area contributed by atoms with Gasteiger partial charge in [-0.05, 0) is 67.2 Å². The largest absolute Gasteiger partial charge is 0.608 e. The summed E-state index contributed by atoms with van der Waals surface area (Å²) < 4.78 is 28.1. The van der Waals surface area contributed by atoms with Crippen molar-refractivity contribution in [2.75, 3.05) is 23.2 Å². The molecule has 0 bridgehead atoms. The van der Waals surface area contributed by atoms with Crippen LogP contribution >= 0.6 is 0 Å². The Morgan fingerprint density at radius 2 is 1.80 bits per heavy atom. The molecule has 2 aliphatic carbocycles. The van der Waals surface area contributed by atoms with Gasteiger partial charge in [0.25, 0.3) is 0 Å². The summed E-state index contributed by atoms with van der Waals surface area (Å²) in [5.74, 6) is -0.0966. The first-order valence-corrected chi connectivity index (χ1v) is 13.4. The molecule has 2 N–H and O–H groups in total. The average Bonchev–Trinajstić information content (AvgIpc) is 3.56. The number of quaternary nitrogens is 1. The number of benzene rings is 1. The van der Waals surface area contributed by atoms with E-state index in [9.17, 15) is 23.2 Å². The molecule has 1 aliphatic heterocycles. The number of fused-ring (bicyclic) bond motifs is 2. The molecular weight excluding hydrogens is 472 g/mol. The van der Waals surface area contributed by atoms with Gasteiger partial charge < -0.3 is 10.1 Å². The molecule has 2 heterocycles. The second-order valence-corrected chi connectivity index (χ2v) is 11.3. The monoisotopic (exact) mass is 502 g/mol. The topological polar surface area (TPSA) is 132 Å². The second-order valence-electron chi connectivity index (χ2n) is 9.62. The van der Waals surface area contributed by atoms with Crippen LogP contribution in [0.4, 0.5) is 16.2 Å². The number of carbonyl (C=O) groups is 2. The summed E-state index contributed by atoms with van der Waals surface area (Å²) in [4.78, 5) is 26.6. The predicted molar refractivity (Wildman–Crippen MR) is 129 cm³/mol. The fourth-order valence-corrected chi connectivity index (χ4v) is 6.99. The van der Waals surface area contributed by atoms with E-state index in [-0.39, 0.29) is 31.0 Å². The van der Waals surface area contributed by atoms with Crippen molar-refractivity contribution in [1.29, 1.82) is 0 Å². The number of hydrogen-bond acceptors (Lipinski definition) is 6. The standard InChI is InChI=1S/C23H30N6O5S/c1-26-13-17(9-10-21(26)30)28(18-12-24-27(2)14-18)35(33,34)29(32)23(31)25-22-19-7-3-5-15(19)11-16-6-4-8-20(16)22/h11-12,14,17,29H,3-10,13H2,1-2H3,(H,25,31). The molecule has 5 rings (SSSR count). The highest BCUT2D eigenvalue weighted by Gasteiger charge is 2.42. The second kappa shape index (κ2) is 8.92. The number of amides is 3. The quantitative estimate of drug-likeness (QED) is 0.578. The number of likely N-dealkylation sites (tertiary alicyclic amines) is 1. The number of urea groups is 1. The van der Waals surface area contributed by atoms with Crippen LogP contribution in [0.3, 0.4) is 0 Å². The van der Waals surface area contributed by atoms with Crippen molar-refractivity contribution in [3.8, 4) is 0 Å². The molecule has 3 aliphatic rings. The van der Waals surface area contributed by atoms with Crippen LogP contribution in [0.25, 0.3) is 0 Å². The average molecular weight is 503 g/mol. The minimum Gasteiger partial charge on any atom is -0.608 e. The maximum Gasteiger partial charge on any atom is 0.436 e. The number of hydroxylamine groups is 1. The number of nitrogens with one attached hydrogen (secondary N) is 2. The van der Waals surface area contributed by atoms with Crippen molar-refractivity contribution in [2.24, 2.45) is 7.05 Å². The van der Waals surface area contributed by atoms with E-state index in [0.29, 0.717) is 5.69 Å². The van der Waals surface area contributed by atoms with Crippen LogP contribution < -0.4 is 14.1 Å². The lowest BCUT2D eigenvalue weighted by Crippen LogP contribution is -3.14. The SMILES string of the molecule is CN1CC(N(c2cnn(C)c2)S(=O)(=O)[NH+]([O-])C(=O)Nc2c3c(cc4c2CCC4)CCC3)CCC1=O. The van der Waals surface area contributed by atoms with Crippen LogP contribution in [0, 0.1) is 5.21 Å². The van der Waals surface area contributed by atoms with Crippen molar-refractivity contribution in [1.82, 2.24) is 14.7 Å². The molecule has 3 amide bonds. The Morgan fingerprint density at radius 3 is 2.37 bits per heavy atom. The first kappa shape index (κ1) is 23.8. The Bertz CT molecular complexity index is 1260. The van der Waals surface area contributed by atoms with E-state index in [1.54, 1.807) is 14.1 Å². The molecule has 2 aromatic rings. The minimum absolute atomic E-state index is 0.0966. The number of nitrogens with zero attached hydrogens (tertiary/aromatic N) is 4. The van der Waals surface area contributed by atoms with Gasteiger partial charge in [-0.25, -0.2) is 9.10 Å². The number of anilines is 2. The number of aromatic nitrogens is 2. The first-order valence-electron chi connectivity index (χ1n) is 12.0. The van der Waals surface area contributed by atoms with Gasteiger partial charge in [-0.2, -0.15) is 18.0 Å². The molecule has 0 saturated carbocycles. The van der Waals surface area contributed by atoms with Crippen molar-refractivity contribution < 1.29 is 22.5 Å². The van der Waals surface area contributed by atoms with Crippen LogP contribution in [0.1, 0.15) is 47.9 Å². The molecule has 188 valence electrons. The number of hydrogen-bond donors (Lipinski definition) is 2. The Labute approximate surface area is 204 Å². The van der Waals surface area contributed by atoms with E-state index in [2.05, 4.69) is 16.5 Å². The molecule has 1 fully saturated rings. The zero-order chi connectivity index (χ0) is 24.9. The van der Waals surface area contributed by atoms with Gasteiger partial charge in [-0.1, -0.05) is 6.07 Å². The van der Waals surface area contributed by atoms with Crippen molar-refractivity contribution in [3.05, 3.63) is 45.9 Å². The zero-order valence-electron chi connectivity index (χ0n) is 19.9. The van der Waals surface area contributed by atoms with Crippen LogP contribution in [-0.2, 0) is 47.7 Å². The van der Waals surface area contributed by atoms with Gasteiger partial charge in [0, 0.05) is 33.3 Å². The summed E-state index contributed by atoms with van der Waals surface area (Å²) in [7, 11) is -1.51. The van der Waals surface area contributed by atoms with Crippen LogP contribution in [-0.4, -0.2) is 54.7 Å². The molecule has 2 atom stereocenters. The van der Waals surface area contributed by atoms with Crippen LogP contribution in [0.15, 0.2) is 18.5 Å². The molecule has 0 radical (unpaired) electrons. The Kier molecular flexibility index (Phi) is 6.06. The normalized spacial score (nSPS) is 20.5. The Morgan fingerprint density at radius 1 is 1.14 bits per heavy atom. The van der Waals surface area contributed by atoms with E-state index in [4.69, 9.17) is 0 Å². The molecule has 2 unspecified atom stereocenters. The Hall–Kier alpha value is -2.96. The summed E-state index contributed by atoms with van der Waals surface area (Å²) in [5, 5.41) is 20.0. The fraction of sp³-hybridized carbons (Fsp3) is 0.522. The third-order valence-electron chi connectivity index (χ3n) is 7.27. The number of likely N-dealkylation sites (N-methyl/N-ethyl adjacent to an activating group) is 1. The molecular formula is C23H30N6O5S. The highest BCUT2D eigenvalue weighted by atomic mass is 32.2. The molecule has 1 aromatic heterocycles. The van der Waals surface area contributed by atoms with Gasteiger partial charge in [0.1, 0.15) is 0 Å². The number of piperidine rings is 1. The van der Waals surface area contributed by atoms with Crippen molar-refractivity contribution in [3.63, 3.8) is 0 Å². The summed E-state index contributed by atoms with van der Waals surface area (Å²) in [6, 6.07) is 0.353. The third-order valence-corrected chi connectivity index (χ3v) is 8.95. The smallest absolute Gasteiger partial charge is 0.436 e. The number of carbonyl (C=O) groups excluding carboxylic acids is 2. The summed E-state index contributed by atoms with van der Waals surface area (Å²) in [6.45, 7) is 0.113. The molecule has 1 saturated heterocycles. The molecule has 0 spiro atoms. The number of aryl methyl sites for hydroxylation is 3. The van der Waals surface area contributed by atoms with E-state index in [1.165, 1.54) is 33.1 Å². The van der Waals surface area contributed by atoms with Crippen molar-refractivity contribution >= 4 is 33.5 Å². The molecule has 1 aromatic carbocycles. The fourth-order valence-electron chi connectivity index (χ4n) is 5.59. The summed E-state index contributed by atoms with van der Waals surface area (Å²) in [5.41, 5.74) is 5.17. The van der Waals surface area contributed by atoms with E-state index >= 15 is 0 Å². The lowest BCUT2D eigenvalue weighted by molar-refractivity contribution is -0.604. The predicted octanol–water partition coefficient (Wildman–Crippen LogP) is 0.684. The van der Waals surface area contributed by atoms with Gasteiger partial charge >= 0.3 is 16.2 Å². The van der Waals surface area contributed by atoms with Gasteiger partial charge in [0.2, 0.25) is 5.91 Å². The van der Waals surface area contributed by atoms with Crippen molar-refractivity contribution in [2.45, 2.75) is 57.4 Å². The lowest BCUT2D eigenvalue weighted by Gasteiger charge is -2.38. The first-order chi connectivity index (χ1) is 16.7. The molecule has 11 nitrogen and oxygen atoms in total. The van der Waals surface area contributed by atoms with Gasteiger partial charge in [-0.3, -0.25) is 14.8 Å². The van der Waals surface area contributed by atoms with Gasteiger partial charge in [0.15, 0.2) is 0 Å².